The van der Waals surface area contributed by atoms with E-state index >= 15 is 0 Å². The van der Waals surface area contributed by atoms with Crippen LogP contribution in [0.5, 0.6) is 5.75 Å². The second-order valence-corrected chi connectivity index (χ2v) is 11.5. The number of Topliss-reactive ketones (excluding diaryl/α,β-unsaturated/α-hetero) is 1. The predicted molar refractivity (Wildman–Crippen MR) is 159 cm³/mol. The first-order valence-electron chi connectivity index (χ1n) is 14.0. The fourth-order valence-electron chi connectivity index (χ4n) is 5.79. The molecule has 8 nitrogen and oxygen atoms in total. The van der Waals surface area contributed by atoms with Crippen LogP contribution in [0.2, 0.25) is 0 Å². The van der Waals surface area contributed by atoms with Crippen LogP contribution in [0.1, 0.15) is 61.1 Å². The predicted octanol–water partition coefficient (Wildman–Crippen LogP) is 6.08. The number of fused-ring (bicyclic) bond motifs is 1. The van der Waals surface area contributed by atoms with E-state index in [1.165, 1.54) is 58.2 Å². The summed E-state index contributed by atoms with van der Waals surface area (Å²) in [5.74, 6) is -2.44. The van der Waals surface area contributed by atoms with Crippen LogP contribution in [0.15, 0.2) is 96.4 Å². The van der Waals surface area contributed by atoms with Crippen molar-refractivity contribution in [1.29, 1.82) is 0 Å². The first kappa shape index (κ1) is 28.2. The lowest BCUT2D eigenvalue weighted by molar-refractivity contribution is -0.122. The number of hydrogen-bond acceptors (Lipinski definition) is 8. The largest absolute Gasteiger partial charge is 0.454 e. The van der Waals surface area contributed by atoms with E-state index in [4.69, 9.17) is 9.47 Å². The Morgan fingerprint density at radius 1 is 0.767 bits per heavy atom. The van der Waals surface area contributed by atoms with E-state index in [2.05, 4.69) is 12.1 Å². The first-order valence-corrected chi connectivity index (χ1v) is 14.9. The summed E-state index contributed by atoms with van der Waals surface area (Å²) >= 11 is 1.26. The van der Waals surface area contributed by atoms with Gasteiger partial charge in [0.05, 0.1) is 23.1 Å². The van der Waals surface area contributed by atoms with Crippen LogP contribution in [0.4, 0.5) is 5.69 Å². The Morgan fingerprint density at radius 2 is 1.53 bits per heavy atom. The van der Waals surface area contributed by atoms with Crippen molar-refractivity contribution in [2.75, 3.05) is 11.5 Å². The van der Waals surface area contributed by atoms with Gasteiger partial charge in [-0.2, -0.15) is 0 Å². The molecule has 3 aromatic carbocycles. The Bertz CT molecular complexity index is 1680. The van der Waals surface area contributed by atoms with Gasteiger partial charge in [0.15, 0.2) is 12.4 Å². The van der Waals surface area contributed by atoms with Gasteiger partial charge in [-0.3, -0.25) is 19.3 Å². The monoisotopic (exact) mass is 593 g/mol. The molecule has 3 atom stereocenters. The zero-order valence-electron chi connectivity index (χ0n) is 23.0. The van der Waals surface area contributed by atoms with E-state index in [1.807, 2.05) is 18.2 Å². The minimum atomic E-state index is -0.752. The smallest absolute Gasteiger partial charge is 0.353 e. The topological polar surface area (TPSA) is 107 Å². The van der Waals surface area contributed by atoms with Gasteiger partial charge in [0.2, 0.25) is 11.8 Å². The van der Waals surface area contributed by atoms with E-state index in [-0.39, 0.29) is 40.5 Å². The molecule has 0 unspecified atom stereocenters. The molecule has 6 rings (SSSR count). The molecule has 1 saturated carbocycles. The van der Waals surface area contributed by atoms with Crippen LogP contribution < -0.4 is 9.64 Å². The molecule has 1 aliphatic carbocycles. The lowest BCUT2D eigenvalue weighted by Crippen LogP contribution is -2.31. The molecule has 0 N–H and O–H groups in total. The molecule has 0 radical (unpaired) electrons. The van der Waals surface area contributed by atoms with Gasteiger partial charge in [-0.15, -0.1) is 11.3 Å². The van der Waals surface area contributed by atoms with Crippen molar-refractivity contribution in [3.63, 3.8) is 0 Å². The maximum absolute atomic E-state index is 13.4. The van der Waals surface area contributed by atoms with Crippen molar-refractivity contribution in [2.24, 2.45) is 11.8 Å². The van der Waals surface area contributed by atoms with Gasteiger partial charge in [-0.1, -0.05) is 42.5 Å². The van der Waals surface area contributed by atoms with Gasteiger partial charge in [0.1, 0.15) is 10.6 Å². The number of carbonyl (C=O) groups excluding carboxylic acids is 5. The van der Waals surface area contributed by atoms with E-state index in [1.54, 1.807) is 29.6 Å². The van der Waals surface area contributed by atoms with Gasteiger partial charge in [-0.05, 0) is 84.7 Å². The Hall–Kier alpha value is -4.89. The van der Waals surface area contributed by atoms with Crippen LogP contribution >= 0.6 is 11.3 Å². The highest BCUT2D eigenvalue weighted by Crippen LogP contribution is 2.45. The van der Waals surface area contributed by atoms with E-state index in [9.17, 15) is 24.0 Å². The normalized spacial score (nSPS) is 19.5. The third-order valence-corrected chi connectivity index (χ3v) is 8.83. The van der Waals surface area contributed by atoms with E-state index in [0.29, 0.717) is 23.4 Å². The van der Waals surface area contributed by atoms with Crippen LogP contribution in [0.3, 0.4) is 0 Å². The van der Waals surface area contributed by atoms with Gasteiger partial charge in [-0.25, -0.2) is 9.59 Å². The Morgan fingerprint density at radius 3 is 2.28 bits per heavy atom. The minimum absolute atomic E-state index is 0.124. The standard InChI is InChI=1S/C34H27NO7S/c36-29(22-11-14-26(15-12-22)42-34(40)30-10-5-17-43-30)20-41-33(39)24-8-4-9-25(18-24)35-31(37)27-16-13-23(19-28(27)32(35)38)21-6-2-1-3-7-21/h1-12,14-15,17-18,23,27-28H,13,16,19-20H2/t23-,27-,28+/m1/s1. The van der Waals surface area contributed by atoms with Crippen LogP contribution in [-0.4, -0.2) is 36.1 Å². The molecule has 2 amide bonds. The zero-order valence-corrected chi connectivity index (χ0v) is 23.8. The summed E-state index contributed by atoms with van der Waals surface area (Å²) in [4.78, 5) is 66.0. The number of hydrogen-bond donors (Lipinski definition) is 0. The second kappa shape index (κ2) is 12.1. The maximum atomic E-state index is 13.4. The molecule has 216 valence electrons. The van der Waals surface area contributed by atoms with Gasteiger partial charge >= 0.3 is 11.9 Å². The van der Waals surface area contributed by atoms with E-state index < -0.39 is 30.2 Å². The number of ketones is 1. The number of benzene rings is 3. The first-order chi connectivity index (χ1) is 20.9. The van der Waals surface area contributed by atoms with Crippen LogP contribution in [-0.2, 0) is 14.3 Å². The third kappa shape index (κ3) is 5.89. The molecule has 0 spiro atoms. The lowest BCUT2D eigenvalue weighted by Gasteiger charge is -2.28. The summed E-state index contributed by atoms with van der Waals surface area (Å²) in [5, 5.41) is 1.77. The summed E-state index contributed by atoms with van der Waals surface area (Å²) in [5.41, 5.74) is 1.89. The van der Waals surface area contributed by atoms with Gasteiger partial charge in [0.25, 0.3) is 0 Å². The van der Waals surface area contributed by atoms with Crippen molar-refractivity contribution in [3.05, 3.63) is 118 Å². The van der Waals surface area contributed by atoms with Crippen molar-refractivity contribution >= 4 is 46.6 Å². The molecular weight excluding hydrogens is 566 g/mol. The zero-order chi connectivity index (χ0) is 29.9. The summed E-state index contributed by atoms with van der Waals surface area (Å²) in [7, 11) is 0. The average molecular weight is 594 g/mol. The number of carbonyl (C=O) groups is 5. The number of amides is 2. The lowest BCUT2D eigenvalue weighted by atomic mass is 9.73. The molecule has 0 bridgehead atoms. The van der Waals surface area contributed by atoms with Crippen LogP contribution in [0.25, 0.3) is 0 Å². The molecule has 2 fully saturated rings. The molecule has 9 heteroatoms. The fourth-order valence-corrected chi connectivity index (χ4v) is 6.39. The fraction of sp³-hybridized carbons (Fsp3) is 0.206. The Kier molecular flexibility index (Phi) is 7.98. The van der Waals surface area contributed by atoms with E-state index in [0.717, 1.165) is 6.42 Å². The Labute approximate surface area is 251 Å². The molecule has 4 aromatic rings. The summed E-state index contributed by atoms with van der Waals surface area (Å²) in [6.45, 7) is -0.510. The number of nitrogens with zero attached hydrogens (tertiary/aromatic N) is 1. The maximum Gasteiger partial charge on any atom is 0.353 e. The van der Waals surface area contributed by atoms with Crippen molar-refractivity contribution < 1.29 is 33.4 Å². The molecule has 2 aliphatic rings. The number of imide groups is 1. The highest BCUT2D eigenvalue weighted by atomic mass is 32.1. The van der Waals surface area contributed by atoms with Crippen molar-refractivity contribution in [2.45, 2.75) is 25.2 Å². The molecular formula is C34H27NO7S. The van der Waals surface area contributed by atoms with Gasteiger partial charge in [0, 0.05) is 5.56 Å². The summed E-state index contributed by atoms with van der Waals surface area (Å²) in [6, 6.07) is 25.6. The number of esters is 2. The second-order valence-electron chi connectivity index (χ2n) is 10.6. The minimum Gasteiger partial charge on any atom is -0.454 e. The summed E-state index contributed by atoms with van der Waals surface area (Å²) in [6.07, 6.45) is 2.08. The van der Waals surface area contributed by atoms with Crippen molar-refractivity contribution in [3.8, 4) is 5.75 Å². The molecule has 43 heavy (non-hydrogen) atoms. The van der Waals surface area contributed by atoms with Crippen molar-refractivity contribution in [1.82, 2.24) is 0 Å². The number of anilines is 1. The number of thiophene rings is 1. The molecule has 1 aromatic heterocycles. The molecule has 2 heterocycles. The molecule has 1 saturated heterocycles. The third-order valence-electron chi connectivity index (χ3n) is 7.98. The number of ether oxygens (including phenoxy) is 2. The van der Waals surface area contributed by atoms with Crippen LogP contribution in [0, 0.1) is 11.8 Å². The Balaban J connectivity index is 1.07. The number of rotatable bonds is 8. The SMILES string of the molecule is O=C(COC(=O)c1cccc(N2C(=O)[C@H]3C[C@H](c4ccccc4)CC[C@H]3C2=O)c1)c1ccc(OC(=O)c2cccs2)cc1. The summed E-state index contributed by atoms with van der Waals surface area (Å²) < 4.78 is 10.6. The van der Waals surface area contributed by atoms with Gasteiger partial charge < -0.3 is 9.47 Å². The highest BCUT2D eigenvalue weighted by molar-refractivity contribution is 7.12. The quantitative estimate of drug-likeness (QED) is 0.105. The average Bonchev–Trinajstić information content (AvgIpc) is 3.67. The highest BCUT2D eigenvalue weighted by Gasteiger charge is 2.50. The molecule has 1 aliphatic heterocycles.